The SMILES string of the molecule is CCCCCCCCCCc1ccc(C(=S)C=Cc2cccc(O)c2O)cc1. The van der Waals surface area contributed by atoms with Gasteiger partial charge in [0, 0.05) is 10.4 Å². The minimum Gasteiger partial charge on any atom is -0.504 e. The summed E-state index contributed by atoms with van der Waals surface area (Å²) < 4.78 is 0. The van der Waals surface area contributed by atoms with Crippen molar-refractivity contribution in [2.75, 3.05) is 0 Å². The summed E-state index contributed by atoms with van der Waals surface area (Å²) in [6.07, 6.45) is 15.4. The van der Waals surface area contributed by atoms with Gasteiger partial charge in [-0.25, -0.2) is 0 Å². The van der Waals surface area contributed by atoms with Crippen molar-refractivity contribution in [1.29, 1.82) is 0 Å². The van der Waals surface area contributed by atoms with Crippen molar-refractivity contribution in [3.63, 3.8) is 0 Å². The molecule has 2 nitrogen and oxygen atoms in total. The van der Waals surface area contributed by atoms with E-state index >= 15 is 0 Å². The number of allylic oxidation sites excluding steroid dienone is 1. The lowest BCUT2D eigenvalue weighted by Gasteiger charge is -2.05. The lowest BCUT2D eigenvalue weighted by atomic mass is 10.0. The fourth-order valence-corrected chi connectivity index (χ4v) is 3.45. The summed E-state index contributed by atoms with van der Waals surface area (Å²) in [6.45, 7) is 2.26. The summed E-state index contributed by atoms with van der Waals surface area (Å²) in [6, 6.07) is 13.3. The van der Waals surface area contributed by atoms with Crippen LogP contribution in [-0.2, 0) is 6.42 Å². The average molecular weight is 397 g/mol. The van der Waals surface area contributed by atoms with Crippen molar-refractivity contribution in [3.05, 3.63) is 65.2 Å². The fraction of sp³-hybridized carbons (Fsp3) is 0.400. The van der Waals surface area contributed by atoms with Gasteiger partial charge in [0.2, 0.25) is 0 Å². The van der Waals surface area contributed by atoms with Crippen LogP contribution < -0.4 is 0 Å². The Hall–Kier alpha value is -2.13. The molecular weight excluding hydrogens is 364 g/mol. The van der Waals surface area contributed by atoms with Gasteiger partial charge in [-0.15, -0.1) is 0 Å². The third-order valence-electron chi connectivity index (χ3n) is 5.02. The third-order valence-corrected chi connectivity index (χ3v) is 5.39. The molecule has 0 amide bonds. The number of thiocarbonyl (C=S) groups is 1. The second-order valence-electron chi connectivity index (χ2n) is 7.33. The molecule has 0 bridgehead atoms. The Balaban J connectivity index is 1.76. The molecule has 0 aliphatic rings. The molecule has 2 aromatic carbocycles. The highest BCUT2D eigenvalue weighted by molar-refractivity contribution is 7.81. The molecule has 0 atom stereocenters. The van der Waals surface area contributed by atoms with Crippen LogP contribution in [0.3, 0.4) is 0 Å². The lowest BCUT2D eigenvalue weighted by molar-refractivity contribution is 0.403. The van der Waals surface area contributed by atoms with Crippen molar-refractivity contribution < 1.29 is 10.2 Å². The zero-order chi connectivity index (χ0) is 20.2. The van der Waals surface area contributed by atoms with Crippen LogP contribution in [0.15, 0.2) is 48.5 Å². The largest absolute Gasteiger partial charge is 0.504 e. The second kappa shape index (κ2) is 12.4. The third kappa shape index (κ3) is 7.47. The number of phenolic OH excluding ortho intramolecular Hbond substituents is 2. The number of para-hydroxylation sites is 1. The standard InChI is InChI=1S/C25H32O2S/c1-2-3-4-5-6-7-8-9-11-20-14-16-21(17-15-20)24(28)19-18-22-12-10-13-23(26)25(22)27/h10,12-19,26-27H,2-9,11H2,1H3. The van der Waals surface area contributed by atoms with Crippen LogP contribution in [0, 0.1) is 0 Å². The molecule has 0 heterocycles. The monoisotopic (exact) mass is 396 g/mol. The maximum Gasteiger partial charge on any atom is 0.164 e. The van der Waals surface area contributed by atoms with Crippen LogP contribution in [0.1, 0.15) is 75.0 Å². The molecule has 0 fully saturated rings. The molecule has 0 unspecified atom stereocenters. The highest BCUT2D eigenvalue weighted by Crippen LogP contribution is 2.29. The summed E-state index contributed by atoms with van der Waals surface area (Å²) in [4.78, 5) is 0.710. The summed E-state index contributed by atoms with van der Waals surface area (Å²) in [5, 5.41) is 19.4. The number of rotatable bonds is 12. The highest BCUT2D eigenvalue weighted by atomic mass is 32.1. The van der Waals surface area contributed by atoms with Crippen LogP contribution in [0.2, 0.25) is 0 Å². The summed E-state index contributed by atoms with van der Waals surface area (Å²) in [5.74, 6) is -0.249. The normalized spacial score (nSPS) is 11.2. The fourth-order valence-electron chi connectivity index (χ4n) is 3.24. The molecule has 150 valence electrons. The number of hydrogen-bond acceptors (Lipinski definition) is 3. The van der Waals surface area contributed by atoms with Gasteiger partial charge in [0.1, 0.15) is 0 Å². The van der Waals surface area contributed by atoms with E-state index in [4.69, 9.17) is 12.2 Å². The van der Waals surface area contributed by atoms with Crippen molar-refractivity contribution in [1.82, 2.24) is 0 Å². The second-order valence-corrected chi connectivity index (χ2v) is 7.77. The molecule has 2 rings (SSSR count). The van der Waals surface area contributed by atoms with E-state index in [9.17, 15) is 10.2 Å². The number of aromatic hydroxyl groups is 2. The predicted molar refractivity (Wildman–Crippen MR) is 123 cm³/mol. The smallest absolute Gasteiger partial charge is 0.164 e. The predicted octanol–water partition coefficient (Wildman–Crippen LogP) is 7.21. The minimum atomic E-state index is -0.126. The van der Waals surface area contributed by atoms with Gasteiger partial charge in [0.25, 0.3) is 0 Å². The lowest BCUT2D eigenvalue weighted by Crippen LogP contribution is -1.94. The molecule has 0 saturated heterocycles. The number of phenols is 2. The van der Waals surface area contributed by atoms with E-state index in [1.165, 1.54) is 63.0 Å². The van der Waals surface area contributed by atoms with E-state index in [1.54, 1.807) is 24.3 Å². The zero-order valence-electron chi connectivity index (χ0n) is 16.9. The van der Waals surface area contributed by atoms with Crippen LogP contribution in [0.25, 0.3) is 6.08 Å². The maximum atomic E-state index is 9.85. The van der Waals surface area contributed by atoms with Gasteiger partial charge in [-0.1, -0.05) is 100 Å². The number of aryl methyl sites for hydroxylation is 1. The number of benzene rings is 2. The van der Waals surface area contributed by atoms with Gasteiger partial charge < -0.3 is 10.2 Å². The van der Waals surface area contributed by atoms with E-state index < -0.39 is 0 Å². The van der Waals surface area contributed by atoms with E-state index in [0.717, 1.165) is 12.0 Å². The van der Waals surface area contributed by atoms with Crippen molar-refractivity contribution >= 4 is 23.2 Å². The first kappa shape index (κ1) is 22.2. The van der Waals surface area contributed by atoms with E-state index in [-0.39, 0.29) is 11.5 Å². The first-order valence-corrected chi connectivity index (χ1v) is 10.8. The van der Waals surface area contributed by atoms with Gasteiger partial charge in [-0.3, -0.25) is 0 Å². The van der Waals surface area contributed by atoms with Crippen LogP contribution in [-0.4, -0.2) is 15.1 Å². The minimum absolute atomic E-state index is 0.123. The number of unbranched alkanes of at least 4 members (excludes halogenated alkanes) is 7. The summed E-state index contributed by atoms with van der Waals surface area (Å²) in [7, 11) is 0. The van der Waals surface area contributed by atoms with E-state index in [0.29, 0.717) is 10.4 Å². The Morgan fingerprint density at radius 2 is 1.50 bits per heavy atom. The Morgan fingerprint density at radius 1 is 0.857 bits per heavy atom. The van der Waals surface area contributed by atoms with Crippen molar-refractivity contribution in [2.45, 2.75) is 64.7 Å². The average Bonchev–Trinajstić information content (AvgIpc) is 2.71. The Bertz CT molecular complexity index is 763. The zero-order valence-corrected chi connectivity index (χ0v) is 17.7. The Labute approximate surface area is 174 Å². The molecule has 0 aliphatic carbocycles. The number of hydrogen-bond donors (Lipinski definition) is 2. The Morgan fingerprint density at radius 3 is 2.18 bits per heavy atom. The molecule has 0 aliphatic heterocycles. The quantitative estimate of drug-likeness (QED) is 0.131. The first-order chi connectivity index (χ1) is 13.6. The van der Waals surface area contributed by atoms with Crippen LogP contribution >= 0.6 is 12.2 Å². The van der Waals surface area contributed by atoms with E-state index in [1.807, 2.05) is 0 Å². The highest BCUT2D eigenvalue weighted by Gasteiger charge is 2.03. The molecular formula is C25H32O2S. The van der Waals surface area contributed by atoms with Crippen LogP contribution in [0.4, 0.5) is 0 Å². The molecule has 0 spiro atoms. The van der Waals surface area contributed by atoms with E-state index in [2.05, 4.69) is 31.2 Å². The first-order valence-electron chi connectivity index (χ1n) is 10.4. The summed E-state index contributed by atoms with van der Waals surface area (Å²) >= 11 is 5.47. The van der Waals surface area contributed by atoms with Gasteiger partial charge in [-0.05, 0) is 42.2 Å². The van der Waals surface area contributed by atoms with Gasteiger partial charge >= 0.3 is 0 Å². The topological polar surface area (TPSA) is 40.5 Å². The molecule has 2 N–H and O–H groups in total. The van der Waals surface area contributed by atoms with Crippen LogP contribution in [0.5, 0.6) is 11.5 Å². The molecule has 0 radical (unpaired) electrons. The van der Waals surface area contributed by atoms with Gasteiger partial charge in [0.15, 0.2) is 11.5 Å². The maximum absolute atomic E-state index is 9.85. The molecule has 28 heavy (non-hydrogen) atoms. The molecule has 0 saturated carbocycles. The van der Waals surface area contributed by atoms with Crippen molar-refractivity contribution in [2.24, 2.45) is 0 Å². The van der Waals surface area contributed by atoms with Gasteiger partial charge in [0.05, 0.1) is 0 Å². The van der Waals surface area contributed by atoms with Gasteiger partial charge in [-0.2, -0.15) is 0 Å². The Kier molecular flexibility index (Phi) is 9.78. The summed E-state index contributed by atoms with van der Waals surface area (Å²) in [5.41, 5.74) is 2.89. The molecule has 3 heteroatoms. The molecule has 2 aromatic rings. The molecule has 0 aromatic heterocycles. The van der Waals surface area contributed by atoms with Crippen molar-refractivity contribution in [3.8, 4) is 11.5 Å².